The summed E-state index contributed by atoms with van der Waals surface area (Å²) in [6.45, 7) is 9.95. The molecule has 5 heteroatoms. The number of carbonyl (C=O) groups is 3. The summed E-state index contributed by atoms with van der Waals surface area (Å²) in [5, 5.41) is 3.12. The zero-order chi connectivity index (χ0) is 29.8. The number of hydrogen-bond acceptors (Lipinski definition) is 4. The van der Waals surface area contributed by atoms with Crippen LogP contribution >= 0.6 is 0 Å². The van der Waals surface area contributed by atoms with Crippen molar-refractivity contribution in [1.82, 2.24) is 0 Å². The number of amides is 1. The number of allylic oxidation sites excluding steroid dienone is 1. The number of benzene rings is 3. The summed E-state index contributed by atoms with van der Waals surface area (Å²) in [6, 6.07) is 22.2. The zero-order valence-corrected chi connectivity index (χ0v) is 25.2. The summed E-state index contributed by atoms with van der Waals surface area (Å²) < 4.78 is 0. The molecule has 3 aliphatic heterocycles. The first-order chi connectivity index (χ1) is 20.1. The first kappa shape index (κ1) is 28.1. The molecule has 0 aliphatic carbocycles. The van der Waals surface area contributed by atoms with Crippen molar-refractivity contribution < 1.29 is 14.4 Å². The van der Waals surface area contributed by atoms with Crippen LogP contribution in [0.2, 0.25) is 0 Å². The fourth-order valence-corrected chi connectivity index (χ4v) is 7.43. The molecule has 1 N–H and O–H groups in total. The van der Waals surface area contributed by atoms with Gasteiger partial charge >= 0.3 is 0 Å². The SMILES string of the molecule is CCCCCc1ccc(C(=O)[C@@H]2[C@@H](C(=O)C(C)(C)C)N3c4ccccc4C(C)=C[C@@H]3[C@]23C(=O)Nc2ccccc23)cc1. The summed E-state index contributed by atoms with van der Waals surface area (Å²) >= 11 is 0. The van der Waals surface area contributed by atoms with E-state index in [1.54, 1.807) is 0 Å². The van der Waals surface area contributed by atoms with Gasteiger partial charge in [0.1, 0.15) is 11.5 Å². The quantitative estimate of drug-likeness (QED) is 0.242. The van der Waals surface area contributed by atoms with Crippen molar-refractivity contribution in [3.05, 3.63) is 101 Å². The third kappa shape index (κ3) is 4.16. The van der Waals surface area contributed by atoms with E-state index >= 15 is 0 Å². The molecule has 1 spiro atoms. The number of fused-ring (bicyclic) bond motifs is 6. The van der Waals surface area contributed by atoms with Gasteiger partial charge in [-0.25, -0.2) is 0 Å². The summed E-state index contributed by atoms with van der Waals surface area (Å²) in [6.07, 6.45) is 6.50. The first-order valence-electron chi connectivity index (χ1n) is 15.2. The van der Waals surface area contributed by atoms with Gasteiger partial charge in [-0.15, -0.1) is 0 Å². The number of ketones is 2. The Balaban J connectivity index is 1.59. The van der Waals surface area contributed by atoms with Crippen LogP contribution in [-0.4, -0.2) is 29.6 Å². The van der Waals surface area contributed by atoms with E-state index in [4.69, 9.17) is 0 Å². The topological polar surface area (TPSA) is 66.5 Å². The second-order valence-corrected chi connectivity index (χ2v) is 13.1. The maximum Gasteiger partial charge on any atom is 0.238 e. The Morgan fingerprint density at radius 2 is 1.62 bits per heavy atom. The maximum atomic E-state index is 14.9. The van der Waals surface area contributed by atoms with E-state index in [1.807, 2.05) is 87.5 Å². The first-order valence-corrected chi connectivity index (χ1v) is 15.2. The molecule has 5 nitrogen and oxygen atoms in total. The lowest BCUT2D eigenvalue weighted by Crippen LogP contribution is -2.51. The number of nitrogens with one attached hydrogen (secondary N) is 1. The highest BCUT2D eigenvalue weighted by Gasteiger charge is 2.71. The molecular weight excluding hydrogens is 520 g/mol. The second-order valence-electron chi connectivity index (χ2n) is 13.1. The van der Waals surface area contributed by atoms with Crippen molar-refractivity contribution in [1.29, 1.82) is 0 Å². The Hall–Kier alpha value is -3.99. The fourth-order valence-electron chi connectivity index (χ4n) is 7.43. The number of aryl methyl sites for hydroxylation is 1. The lowest BCUT2D eigenvalue weighted by atomic mass is 9.63. The van der Waals surface area contributed by atoms with E-state index in [-0.39, 0.29) is 17.5 Å². The van der Waals surface area contributed by atoms with Crippen LogP contribution in [0, 0.1) is 11.3 Å². The van der Waals surface area contributed by atoms with Crippen LogP contribution in [0.4, 0.5) is 11.4 Å². The summed E-state index contributed by atoms with van der Waals surface area (Å²) in [4.78, 5) is 46.1. The van der Waals surface area contributed by atoms with Gasteiger partial charge in [0.05, 0.1) is 12.0 Å². The lowest BCUT2D eigenvalue weighted by Gasteiger charge is -2.39. The molecule has 1 saturated heterocycles. The Labute approximate surface area is 249 Å². The normalized spacial score (nSPS) is 24.1. The molecule has 0 unspecified atom stereocenters. The third-order valence-corrected chi connectivity index (χ3v) is 9.48. The molecule has 6 rings (SSSR count). The zero-order valence-electron chi connectivity index (χ0n) is 25.2. The van der Waals surface area contributed by atoms with Crippen LogP contribution in [0.3, 0.4) is 0 Å². The number of unbranched alkanes of at least 4 members (excludes halogenated alkanes) is 2. The van der Waals surface area contributed by atoms with Crippen molar-refractivity contribution >= 4 is 34.4 Å². The molecule has 4 atom stereocenters. The van der Waals surface area contributed by atoms with Gasteiger partial charge in [0.25, 0.3) is 0 Å². The molecule has 42 heavy (non-hydrogen) atoms. The fraction of sp³-hybridized carbons (Fsp3) is 0.378. The number of carbonyl (C=O) groups excluding carboxylic acids is 3. The predicted octanol–water partition coefficient (Wildman–Crippen LogP) is 7.40. The van der Waals surface area contributed by atoms with Crippen LogP contribution in [-0.2, 0) is 21.4 Å². The van der Waals surface area contributed by atoms with E-state index in [2.05, 4.69) is 36.2 Å². The molecule has 1 amide bonds. The summed E-state index contributed by atoms with van der Waals surface area (Å²) in [5.74, 6) is -1.35. The van der Waals surface area contributed by atoms with Crippen molar-refractivity contribution in [2.24, 2.45) is 11.3 Å². The number of para-hydroxylation sites is 2. The lowest BCUT2D eigenvalue weighted by molar-refractivity contribution is -0.128. The highest BCUT2D eigenvalue weighted by Crippen LogP contribution is 2.59. The second kappa shape index (κ2) is 10.4. The third-order valence-electron chi connectivity index (χ3n) is 9.48. The molecule has 3 aromatic rings. The Bertz CT molecular complexity index is 1600. The number of anilines is 2. The van der Waals surface area contributed by atoms with Gasteiger partial charge in [0, 0.05) is 27.9 Å². The molecule has 0 saturated carbocycles. The van der Waals surface area contributed by atoms with Crippen LogP contribution < -0.4 is 10.2 Å². The Morgan fingerprint density at radius 3 is 2.33 bits per heavy atom. The van der Waals surface area contributed by atoms with Crippen molar-refractivity contribution in [2.75, 3.05) is 10.2 Å². The van der Waals surface area contributed by atoms with Gasteiger partial charge in [-0.2, -0.15) is 0 Å². The number of nitrogens with zero attached hydrogens (tertiary/aromatic N) is 1. The standard InChI is InChI=1S/C37H40N2O3/c1-6-7-8-13-24-18-20-25(21-19-24)33(40)31-32(34(41)36(3,4)5)39-29-17-12-9-14-26(29)23(2)22-30(39)37(31)27-15-10-11-16-28(27)38-35(37)42/h9-12,14-22,30-32H,6-8,13H2,1-5H3,(H,38,42)/t30-,31+,32+,37+/m1/s1. The van der Waals surface area contributed by atoms with Gasteiger partial charge in [0.15, 0.2) is 11.6 Å². The summed E-state index contributed by atoms with van der Waals surface area (Å²) in [5.41, 5.74) is 4.17. The number of rotatable bonds is 7. The van der Waals surface area contributed by atoms with Crippen molar-refractivity contribution in [2.45, 2.75) is 77.8 Å². The molecule has 0 bridgehead atoms. The van der Waals surface area contributed by atoms with Gasteiger partial charge < -0.3 is 10.2 Å². The van der Waals surface area contributed by atoms with E-state index in [0.29, 0.717) is 11.3 Å². The van der Waals surface area contributed by atoms with E-state index in [9.17, 15) is 14.4 Å². The number of hydrogen-bond donors (Lipinski definition) is 1. The molecular formula is C37H40N2O3. The minimum absolute atomic E-state index is 0.0427. The molecule has 0 aromatic heterocycles. The maximum absolute atomic E-state index is 14.9. The predicted molar refractivity (Wildman–Crippen MR) is 169 cm³/mol. The van der Waals surface area contributed by atoms with Gasteiger partial charge in [0.2, 0.25) is 5.91 Å². The van der Waals surface area contributed by atoms with Crippen molar-refractivity contribution in [3.63, 3.8) is 0 Å². The average Bonchev–Trinajstić information content (AvgIpc) is 3.44. The highest BCUT2D eigenvalue weighted by atomic mass is 16.2. The van der Waals surface area contributed by atoms with Crippen LogP contribution in [0.1, 0.15) is 80.9 Å². The molecule has 0 radical (unpaired) electrons. The van der Waals surface area contributed by atoms with Crippen LogP contribution in [0.25, 0.3) is 5.57 Å². The van der Waals surface area contributed by atoms with Crippen molar-refractivity contribution in [3.8, 4) is 0 Å². The monoisotopic (exact) mass is 560 g/mol. The van der Waals surface area contributed by atoms with E-state index < -0.39 is 28.8 Å². The molecule has 1 fully saturated rings. The molecule has 3 heterocycles. The van der Waals surface area contributed by atoms with Crippen LogP contribution in [0.15, 0.2) is 78.9 Å². The highest BCUT2D eigenvalue weighted by molar-refractivity contribution is 6.17. The van der Waals surface area contributed by atoms with E-state index in [1.165, 1.54) is 12.0 Å². The minimum atomic E-state index is -1.27. The van der Waals surface area contributed by atoms with E-state index in [0.717, 1.165) is 41.6 Å². The largest absolute Gasteiger partial charge is 0.352 e. The van der Waals surface area contributed by atoms with Gasteiger partial charge in [-0.05, 0) is 48.6 Å². The molecule has 3 aliphatic rings. The van der Waals surface area contributed by atoms with Gasteiger partial charge in [-0.1, -0.05) is 107 Å². The smallest absolute Gasteiger partial charge is 0.238 e. The minimum Gasteiger partial charge on any atom is -0.352 e. The van der Waals surface area contributed by atoms with Gasteiger partial charge in [-0.3, -0.25) is 14.4 Å². The average molecular weight is 561 g/mol. The number of Topliss-reactive ketones (excluding diaryl/α,β-unsaturated/α-hetero) is 2. The molecule has 3 aromatic carbocycles. The summed E-state index contributed by atoms with van der Waals surface area (Å²) in [7, 11) is 0. The Kier molecular flexibility index (Phi) is 6.95. The molecule has 216 valence electrons. The Morgan fingerprint density at radius 1 is 0.929 bits per heavy atom. The van der Waals surface area contributed by atoms with Crippen LogP contribution in [0.5, 0.6) is 0 Å².